The summed E-state index contributed by atoms with van der Waals surface area (Å²) in [6.07, 6.45) is 7.07. The molecule has 2 rings (SSSR count). The Kier molecular flexibility index (Phi) is 5.04. The van der Waals surface area contributed by atoms with E-state index in [0.717, 1.165) is 51.7 Å². The Balaban J connectivity index is 1.99. The lowest BCUT2D eigenvalue weighted by molar-refractivity contribution is -0.139. The van der Waals surface area contributed by atoms with Gasteiger partial charge in [-0.2, -0.15) is 5.26 Å². The molecule has 4 nitrogen and oxygen atoms in total. The van der Waals surface area contributed by atoms with Gasteiger partial charge in [-0.1, -0.05) is 26.2 Å². The highest BCUT2D eigenvalue weighted by atomic mass is 16.2. The first-order chi connectivity index (χ1) is 9.63. The highest BCUT2D eigenvalue weighted by molar-refractivity contribution is 5.85. The predicted octanol–water partition coefficient (Wildman–Crippen LogP) is 2.40. The average Bonchev–Trinajstić information content (AvgIpc) is 2.94. The van der Waals surface area contributed by atoms with Crippen LogP contribution in [0, 0.1) is 16.7 Å². The molecule has 20 heavy (non-hydrogen) atoms. The second-order valence-corrected chi connectivity index (χ2v) is 6.36. The number of hydrogen-bond donors (Lipinski definition) is 0. The molecule has 1 saturated heterocycles. The first-order valence-electron chi connectivity index (χ1n) is 8.04. The summed E-state index contributed by atoms with van der Waals surface area (Å²) in [6, 6.07) is 2.82. The maximum Gasteiger partial charge on any atom is 0.242 e. The lowest BCUT2D eigenvalue weighted by Gasteiger charge is -2.35. The molecule has 0 aromatic carbocycles. The standard InChI is InChI=1S/C16H27N3O/c1-3-19-11-7-8-14(19)12-18(2)15(20)16(13-17)9-5-4-6-10-16/h14H,3-12H2,1-2H3. The highest BCUT2D eigenvalue weighted by Crippen LogP contribution is 2.37. The molecule has 1 amide bonds. The van der Waals surface area contributed by atoms with Crippen molar-refractivity contribution in [1.29, 1.82) is 5.26 Å². The van der Waals surface area contributed by atoms with Gasteiger partial charge in [0.1, 0.15) is 5.41 Å². The van der Waals surface area contributed by atoms with Crippen molar-refractivity contribution in [2.24, 2.45) is 5.41 Å². The van der Waals surface area contributed by atoms with Crippen molar-refractivity contribution >= 4 is 5.91 Å². The van der Waals surface area contributed by atoms with Gasteiger partial charge < -0.3 is 4.90 Å². The maximum atomic E-state index is 12.7. The first kappa shape index (κ1) is 15.3. The van der Waals surface area contributed by atoms with Crippen molar-refractivity contribution < 1.29 is 4.79 Å². The van der Waals surface area contributed by atoms with Crippen LogP contribution in [-0.2, 0) is 4.79 Å². The molecular weight excluding hydrogens is 250 g/mol. The topological polar surface area (TPSA) is 47.3 Å². The number of nitrogens with zero attached hydrogens (tertiary/aromatic N) is 3. The van der Waals surface area contributed by atoms with Crippen LogP contribution >= 0.6 is 0 Å². The third-order valence-corrected chi connectivity index (χ3v) is 5.07. The van der Waals surface area contributed by atoms with Crippen molar-refractivity contribution in [3.63, 3.8) is 0 Å². The third kappa shape index (κ3) is 2.98. The molecule has 1 aliphatic carbocycles. The van der Waals surface area contributed by atoms with Gasteiger partial charge >= 0.3 is 0 Å². The summed E-state index contributed by atoms with van der Waals surface area (Å²) in [7, 11) is 1.88. The first-order valence-corrected chi connectivity index (χ1v) is 8.04. The van der Waals surface area contributed by atoms with Crippen molar-refractivity contribution in [3.8, 4) is 6.07 Å². The van der Waals surface area contributed by atoms with Crippen LogP contribution in [0.15, 0.2) is 0 Å². The lowest BCUT2D eigenvalue weighted by atomic mass is 9.74. The molecule has 0 bridgehead atoms. The molecule has 0 N–H and O–H groups in total. The minimum absolute atomic E-state index is 0.0580. The van der Waals surface area contributed by atoms with Gasteiger partial charge in [0, 0.05) is 19.6 Å². The molecule has 0 spiro atoms. The van der Waals surface area contributed by atoms with E-state index in [4.69, 9.17) is 0 Å². The molecule has 112 valence electrons. The van der Waals surface area contributed by atoms with Gasteiger partial charge in [-0.25, -0.2) is 0 Å². The van der Waals surface area contributed by atoms with Crippen molar-refractivity contribution in [1.82, 2.24) is 9.80 Å². The van der Waals surface area contributed by atoms with E-state index >= 15 is 0 Å². The summed E-state index contributed by atoms with van der Waals surface area (Å²) in [5.41, 5.74) is -0.733. The van der Waals surface area contributed by atoms with Crippen LogP contribution in [0.1, 0.15) is 51.9 Å². The number of likely N-dealkylation sites (N-methyl/N-ethyl adjacent to an activating group) is 2. The van der Waals surface area contributed by atoms with E-state index in [1.807, 2.05) is 11.9 Å². The summed E-state index contributed by atoms with van der Waals surface area (Å²) >= 11 is 0. The second-order valence-electron chi connectivity index (χ2n) is 6.36. The molecule has 0 aromatic rings. The minimum Gasteiger partial charge on any atom is -0.343 e. The van der Waals surface area contributed by atoms with Crippen LogP contribution in [0.5, 0.6) is 0 Å². The Hall–Kier alpha value is -1.08. The maximum absolute atomic E-state index is 12.7. The number of likely N-dealkylation sites (tertiary alicyclic amines) is 1. The van der Waals surface area contributed by atoms with Gasteiger partial charge in [0.15, 0.2) is 0 Å². The molecule has 2 fully saturated rings. The van der Waals surface area contributed by atoms with Gasteiger partial charge in [-0.05, 0) is 38.8 Å². The van der Waals surface area contributed by atoms with Crippen LogP contribution in [0.4, 0.5) is 0 Å². The molecule has 4 heteroatoms. The molecule has 1 aliphatic heterocycles. The SMILES string of the molecule is CCN1CCCC1CN(C)C(=O)C1(C#N)CCCCC1. The molecule has 1 saturated carbocycles. The number of carbonyl (C=O) groups excluding carboxylic acids is 1. The van der Waals surface area contributed by atoms with E-state index in [1.54, 1.807) is 0 Å². The largest absolute Gasteiger partial charge is 0.343 e. The van der Waals surface area contributed by atoms with Gasteiger partial charge in [0.25, 0.3) is 0 Å². The third-order valence-electron chi connectivity index (χ3n) is 5.07. The summed E-state index contributed by atoms with van der Waals surface area (Å²) in [5, 5.41) is 9.51. The van der Waals surface area contributed by atoms with Crippen LogP contribution in [0.25, 0.3) is 0 Å². The van der Waals surface area contributed by atoms with E-state index in [0.29, 0.717) is 6.04 Å². The number of rotatable bonds is 4. The fraction of sp³-hybridized carbons (Fsp3) is 0.875. The fourth-order valence-electron chi connectivity index (χ4n) is 3.81. The smallest absolute Gasteiger partial charge is 0.242 e. The lowest BCUT2D eigenvalue weighted by Crippen LogP contribution is -2.47. The summed E-state index contributed by atoms with van der Waals surface area (Å²) < 4.78 is 0. The Bertz CT molecular complexity index is 382. The quantitative estimate of drug-likeness (QED) is 0.793. The molecule has 1 unspecified atom stereocenters. The Labute approximate surface area is 122 Å². The van der Waals surface area contributed by atoms with Gasteiger partial charge in [0.2, 0.25) is 5.91 Å². The molecule has 1 atom stereocenters. The second kappa shape index (κ2) is 6.58. The zero-order chi connectivity index (χ0) is 14.6. The Morgan fingerprint density at radius 3 is 2.65 bits per heavy atom. The zero-order valence-electron chi connectivity index (χ0n) is 12.9. The van der Waals surface area contributed by atoms with Gasteiger partial charge in [0.05, 0.1) is 6.07 Å². The molecule has 0 aromatic heterocycles. The normalized spacial score (nSPS) is 26.1. The van der Waals surface area contributed by atoms with E-state index in [-0.39, 0.29) is 5.91 Å². The molecular formula is C16H27N3O. The van der Waals surface area contributed by atoms with Crippen molar-refractivity contribution in [2.75, 3.05) is 26.7 Å². The van der Waals surface area contributed by atoms with Gasteiger partial charge in [-0.3, -0.25) is 9.69 Å². The molecule has 0 radical (unpaired) electrons. The van der Waals surface area contributed by atoms with Crippen LogP contribution in [0.3, 0.4) is 0 Å². The monoisotopic (exact) mass is 277 g/mol. The molecule has 1 heterocycles. The summed E-state index contributed by atoms with van der Waals surface area (Å²) in [5.74, 6) is 0.0580. The van der Waals surface area contributed by atoms with Crippen LogP contribution < -0.4 is 0 Å². The number of carbonyl (C=O) groups is 1. The summed E-state index contributed by atoms with van der Waals surface area (Å²) in [4.78, 5) is 17.0. The number of nitriles is 1. The predicted molar refractivity (Wildman–Crippen MR) is 79.0 cm³/mol. The fourth-order valence-corrected chi connectivity index (χ4v) is 3.81. The van der Waals surface area contributed by atoms with E-state index in [2.05, 4.69) is 17.9 Å². The van der Waals surface area contributed by atoms with Crippen molar-refractivity contribution in [2.45, 2.75) is 57.9 Å². The van der Waals surface area contributed by atoms with Gasteiger partial charge in [-0.15, -0.1) is 0 Å². The Morgan fingerprint density at radius 1 is 1.35 bits per heavy atom. The number of hydrogen-bond acceptors (Lipinski definition) is 3. The van der Waals surface area contributed by atoms with E-state index in [9.17, 15) is 10.1 Å². The summed E-state index contributed by atoms with van der Waals surface area (Å²) in [6.45, 7) is 5.15. The Morgan fingerprint density at radius 2 is 2.05 bits per heavy atom. The minimum atomic E-state index is -0.733. The van der Waals surface area contributed by atoms with Crippen LogP contribution in [-0.4, -0.2) is 48.4 Å². The molecule has 2 aliphatic rings. The zero-order valence-corrected chi connectivity index (χ0v) is 12.9. The van der Waals surface area contributed by atoms with Crippen LogP contribution in [0.2, 0.25) is 0 Å². The van der Waals surface area contributed by atoms with E-state index < -0.39 is 5.41 Å². The van der Waals surface area contributed by atoms with E-state index in [1.165, 1.54) is 12.8 Å². The average molecular weight is 277 g/mol. The highest BCUT2D eigenvalue weighted by Gasteiger charge is 2.42. The van der Waals surface area contributed by atoms with Crippen molar-refractivity contribution in [3.05, 3.63) is 0 Å². The number of amides is 1.